The molecule has 2 rings (SSSR count). The van der Waals surface area contributed by atoms with Gasteiger partial charge in [-0.15, -0.1) is 0 Å². The molecule has 0 radical (unpaired) electrons. The number of carbonyl (C=O) groups is 2. The van der Waals surface area contributed by atoms with Crippen LogP contribution in [-0.4, -0.2) is 11.8 Å². The summed E-state index contributed by atoms with van der Waals surface area (Å²) in [6.45, 7) is 1.60. The highest BCUT2D eigenvalue weighted by Crippen LogP contribution is 2.10. The number of halogens is 2. The lowest BCUT2D eigenvalue weighted by Crippen LogP contribution is -2.42. The van der Waals surface area contributed by atoms with Crippen LogP contribution >= 0.6 is 11.6 Å². The normalized spacial score (nSPS) is 10.1. The molecule has 114 valence electrons. The summed E-state index contributed by atoms with van der Waals surface area (Å²) in [6, 6.07) is 10.9. The fourth-order valence-electron chi connectivity index (χ4n) is 1.76. The van der Waals surface area contributed by atoms with Crippen LogP contribution < -0.4 is 10.9 Å². The van der Waals surface area contributed by atoms with Gasteiger partial charge in [0, 0.05) is 10.6 Å². The van der Waals surface area contributed by atoms with E-state index in [0.717, 1.165) is 11.6 Å². The van der Waals surface area contributed by atoms with Gasteiger partial charge in [0.2, 0.25) is 5.91 Å². The molecule has 0 aliphatic carbocycles. The summed E-state index contributed by atoms with van der Waals surface area (Å²) in [5, 5.41) is 0.582. The molecule has 0 atom stereocenters. The van der Waals surface area contributed by atoms with Gasteiger partial charge in [-0.05, 0) is 42.3 Å². The predicted molar refractivity (Wildman–Crippen MR) is 81.9 cm³/mol. The molecule has 6 heteroatoms. The van der Waals surface area contributed by atoms with Gasteiger partial charge < -0.3 is 0 Å². The van der Waals surface area contributed by atoms with Crippen LogP contribution in [0.4, 0.5) is 4.39 Å². The van der Waals surface area contributed by atoms with E-state index in [1.54, 1.807) is 31.2 Å². The van der Waals surface area contributed by atoms with Crippen LogP contribution in [0.3, 0.4) is 0 Å². The fraction of sp³-hybridized carbons (Fsp3) is 0.125. The Bertz CT molecular complexity index is 702. The monoisotopic (exact) mass is 320 g/mol. The molecule has 0 spiro atoms. The maximum Gasteiger partial charge on any atom is 0.269 e. The van der Waals surface area contributed by atoms with Gasteiger partial charge in [-0.1, -0.05) is 29.8 Å². The minimum absolute atomic E-state index is 0.0969. The van der Waals surface area contributed by atoms with Crippen molar-refractivity contribution < 1.29 is 14.0 Å². The molecular formula is C16H14ClFN2O2. The van der Waals surface area contributed by atoms with Gasteiger partial charge in [0.25, 0.3) is 5.91 Å². The van der Waals surface area contributed by atoms with Crippen molar-refractivity contribution >= 4 is 23.4 Å². The molecule has 0 saturated heterocycles. The highest BCUT2D eigenvalue weighted by molar-refractivity contribution is 6.30. The third-order valence-corrected chi connectivity index (χ3v) is 3.28. The number of amides is 2. The average molecular weight is 321 g/mol. The molecule has 0 aliphatic heterocycles. The molecule has 2 N–H and O–H groups in total. The standard InChI is InChI=1S/C16H14ClFN2O2/c1-10-2-5-12(9-14(10)18)16(22)20-19-15(21)8-11-3-6-13(17)7-4-11/h2-7,9H,8H2,1H3,(H,19,21)(H,20,22). The maximum absolute atomic E-state index is 13.4. The molecule has 0 aliphatic rings. The lowest BCUT2D eigenvalue weighted by Gasteiger charge is -2.08. The molecule has 0 unspecified atom stereocenters. The Labute approximate surface area is 132 Å². The van der Waals surface area contributed by atoms with Crippen molar-refractivity contribution in [3.05, 3.63) is 70.0 Å². The molecular weight excluding hydrogens is 307 g/mol. The number of carbonyl (C=O) groups excluding carboxylic acids is 2. The van der Waals surface area contributed by atoms with Crippen molar-refractivity contribution in [2.24, 2.45) is 0 Å². The minimum Gasteiger partial charge on any atom is -0.273 e. The van der Waals surface area contributed by atoms with Gasteiger partial charge in [0.15, 0.2) is 0 Å². The summed E-state index contributed by atoms with van der Waals surface area (Å²) >= 11 is 5.75. The van der Waals surface area contributed by atoms with Crippen molar-refractivity contribution in [3.8, 4) is 0 Å². The summed E-state index contributed by atoms with van der Waals surface area (Å²) in [5.41, 5.74) is 5.87. The molecule has 0 heterocycles. The summed E-state index contributed by atoms with van der Waals surface area (Å²) in [6.07, 6.45) is 0.0969. The zero-order valence-corrected chi connectivity index (χ0v) is 12.6. The molecule has 0 aromatic heterocycles. The maximum atomic E-state index is 13.4. The van der Waals surface area contributed by atoms with E-state index in [9.17, 15) is 14.0 Å². The van der Waals surface area contributed by atoms with E-state index >= 15 is 0 Å². The van der Waals surface area contributed by atoms with Gasteiger partial charge >= 0.3 is 0 Å². The number of aryl methyl sites for hydroxylation is 1. The van der Waals surface area contributed by atoms with Gasteiger partial charge in [-0.25, -0.2) is 4.39 Å². The molecule has 0 fully saturated rings. The number of nitrogens with one attached hydrogen (secondary N) is 2. The second-order valence-electron chi connectivity index (χ2n) is 4.77. The summed E-state index contributed by atoms with van der Waals surface area (Å²) in [7, 11) is 0. The van der Waals surface area contributed by atoms with E-state index in [4.69, 9.17) is 11.6 Å². The summed E-state index contributed by atoms with van der Waals surface area (Å²) < 4.78 is 13.4. The third kappa shape index (κ3) is 4.30. The second kappa shape index (κ2) is 7.04. The van der Waals surface area contributed by atoms with Gasteiger partial charge in [-0.3, -0.25) is 20.4 Å². The first-order valence-electron chi connectivity index (χ1n) is 6.55. The Hall–Kier alpha value is -2.40. The van der Waals surface area contributed by atoms with Crippen LogP contribution in [0.2, 0.25) is 5.02 Å². The van der Waals surface area contributed by atoms with Crippen molar-refractivity contribution in [2.45, 2.75) is 13.3 Å². The first-order chi connectivity index (χ1) is 10.5. The first kappa shape index (κ1) is 16.0. The molecule has 0 bridgehead atoms. The Morgan fingerprint density at radius 3 is 2.41 bits per heavy atom. The number of hydrogen-bond acceptors (Lipinski definition) is 2. The lowest BCUT2D eigenvalue weighted by atomic mass is 10.1. The zero-order valence-electron chi connectivity index (χ0n) is 11.8. The van der Waals surface area contributed by atoms with Crippen LogP contribution in [0.15, 0.2) is 42.5 Å². The smallest absolute Gasteiger partial charge is 0.269 e. The van der Waals surface area contributed by atoms with E-state index in [-0.39, 0.29) is 17.9 Å². The van der Waals surface area contributed by atoms with Gasteiger partial charge in [-0.2, -0.15) is 0 Å². The van der Waals surface area contributed by atoms with Gasteiger partial charge in [0.05, 0.1) is 6.42 Å². The quantitative estimate of drug-likeness (QED) is 0.854. The largest absolute Gasteiger partial charge is 0.273 e. The number of benzene rings is 2. The van der Waals surface area contributed by atoms with Crippen molar-refractivity contribution in [3.63, 3.8) is 0 Å². The minimum atomic E-state index is -0.580. The lowest BCUT2D eigenvalue weighted by molar-refractivity contribution is -0.121. The molecule has 22 heavy (non-hydrogen) atoms. The molecule has 4 nitrogen and oxygen atoms in total. The summed E-state index contributed by atoms with van der Waals surface area (Å²) in [5.74, 6) is -1.44. The molecule has 2 aromatic carbocycles. The topological polar surface area (TPSA) is 58.2 Å². The molecule has 0 saturated carbocycles. The van der Waals surface area contributed by atoms with Crippen LogP contribution in [0.1, 0.15) is 21.5 Å². The second-order valence-corrected chi connectivity index (χ2v) is 5.21. The number of hydrogen-bond donors (Lipinski definition) is 2. The first-order valence-corrected chi connectivity index (χ1v) is 6.93. The number of hydrazine groups is 1. The predicted octanol–water partition coefficient (Wildman–Crippen LogP) is 2.79. The SMILES string of the molecule is Cc1ccc(C(=O)NNC(=O)Cc2ccc(Cl)cc2)cc1F. The Balaban J connectivity index is 1.88. The zero-order chi connectivity index (χ0) is 16.1. The Kier molecular flexibility index (Phi) is 5.12. The Morgan fingerprint density at radius 1 is 1.09 bits per heavy atom. The molecule has 2 aromatic rings. The third-order valence-electron chi connectivity index (χ3n) is 3.03. The van der Waals surface area contributed by atoms with Crippen LogP contribution in [0, 0.1) is 12.7 Å². The van der Waals surface area contributed by atoms with Crippen molar-refractivity contribution in [1.82, 2.24) is 10.9 Å². The highest BCUT2D eigenvalue weighted by Gasteiger charge is 2.09. The van der Waals surface area contributed by atoms with E-state index in [0.29, 0.717) is 10.6 Å². The van der Waals surface area contributed by atoms with Crippen molar-refractivity contribution in [1.29, 1.82) is 0 Å². The average Bonchev–Trinajstić information content (AvgIpc) is 2.50. The van der Waals surface area contributed by atoms with Crippen molar-refractivity contribution in [2.75, 3.05) is 0 Å². The van der Waals surface area contributed by atoms with E-state index in [1.165, 1.54) is 12.1 Å². The van der Waals surface area contributed by atoms with Crippen LogP contribution in [-0.2, 0) is 11.2 Å². The van der Waals surface area contributed by atoms with E-state index < -0.39 is 11.7 Å². The Morgan fingerprint density at radius 2 is 1.77 bits per heavy atom. The van der Waals surface area contributed by atoms with Crippen LogP contribution in [0.25, 0.3) is 0 Å². The summed E-state index contributed by atoms with van der Waals surface area (Å²) in [4.78, 5) is 23.5. The van der Waals surface area contributed by atoms with Crippen LogP contribution in [0.5, 0.6) is 0 Å². The fourth-order valence-corrected chi connectivity index (χ4v) is 1.89. The van der Waals surface area contributed by atoms with E-state index in [2.05, 4.69) is 10.9 Å². The van der Waals surface area contributed by atoms with Gasteiger partial charge in [0.1, 0.15) is 5.82 Å². The number of rotatable bonds is 3. The highest BCUT2D eigenvalue weighted by atomic mass is 35.5. The molecule has 2 amide bonds. The van der Waals surface area contributed by atoms with E-state index in [1.807, 2.05) is 0 Å².